The van der Waals surface area contributed by atoms with E-state index >= 15 is 0 Å². The number of hydrogen-bond acceptors (Lipinski definition) is 3. The van der Waals surface area contributed by atoms with Gasteiger partial charge in [0.1, 0.15) is 0 Å². The molecule has 1 amide bonds. The molecule has 1 heterocycles. The lowest BCUT2D eigenvalue weighted by atomic mass is 9.95. The van der Waals surface area contributed by atoms with Crippen LogP contribution < -0.4 is 5.32 Å². The predicted molar refractivity (Wildman–Crippen MR) is 88.6 cm³/mol. The third-order valence-corrected chi connectivity index (χ3v) is 3.76. The van der Waals surface area contributed by atoms with E-state index in [1.807, 2.05) is 30.3 Å². The van der Waals surface area contributed by atoms with Crippen molar-refractivity contribution in [3.05, 3.63) is 82.2 Å². The van der Waals surface area contributed by atoms with Gasteiger partial charge in [-0.3, -0.25) is 9.59 Å². The van der Waals surface area contributed by atoms with E-state index < -0.39 is 11.7 Å². The van der Waals surface area contributed by atoms with Gasteiger partial charge >= 0.3 is 0 Å². The van der Waals surface area contributed by atoms with Gasteiger partial charge in [0.05, 0.1) is 11.3 Å². The first-order chi connectivity index (χ1) is 11.1. The summed E-state index contributed by atoms with van der Waals surface area (Å²) in [5, 5.41) is 13.2. The minimum absolute atomic E-state index is 0.0958. The highest BCUT2D eigenvalue weighted by Crippen LogP contribution is 2.31. The predicted octanol–water partition coefficient (Wildman–Crippen LogP) is 3.35. The van der Waals surface area contributed by atoms with Gasteiger partial charge in [-0.15, -0.1) is 0 Å². The molecule has 0 fully saturated rings. The zero-order valence-corrected chi connectivity index (χ0v) is 12.7. The number of aliphatic hydroxyl groups excluding tert-OH is 1. The van der Waals surface area contributed by atoms with Crippen molar-refractivity contribution >= 4 is 34.9 Å². The topological polar surface area (TPSA) is 66.4 Å². The molecule has 114 valence electrons. The van der Waals surface area contributed by atoms with Crippen LogP contribution in [0.3, 0.4) is 0 Å². The van der Waals surface area contributed by atoms with Gasteiger partial charge in [0, 0.05) is 10.6 Å². The van der Waals surface area contributed by atoms with Crippen LogP contribution >= 0.6 is 11.6 Å². The van der Waals surface area contributed by atoms with E-state index in [2.05, 4.69) is 5.32 Å². The van der Waals surface area contributed by atoms with Crippen molar-refractivity contribution < 1.29 is 14.7 Å². The van der Waals surface area contributed by atoms with Crippen LogP contribution in [0.2, 0.25) is 5.02 Å². The van der Waals surface area contributed by atoms with Crippen LogP contribution in [0.25, 0.3) is 11.6 Å². The molecule has 2 aromatic carbocycles. The molecular weight excluding hydrogens is 314 g/mol. The number of carbonyl (C=O) groups excluding carboxylic acids is 2. The van der Waals surface area contributed by atoms with E-state index in [0.29, 0.717) is 5.56 Å². The fraction of sp³-hybridized carbons (Fsp3) is 0. The highest BCUT2D eigenvalue weighted by Gasteiger charge is 2.32. The van der Waals surface area contributed by atoms with Crippen molar-refractivity contribution in [3.8, 4) is 0 Å². The number of hydrogen-bond donors (Lipinski definition) is 2. The molecule has 4 nitrogen and oxygen atoms in total. The lowest BCUT2D eigenvalue weighted by molar-refractivity contribution is -0.134. The van der Waals surface area contributed by atoms with Gasteiger partial charge in [0.15, 0.2) is 5.76 Å². The molecule has 1 aliphatic rings. The van der Waals surface area contributed by atoms with Crippen molar-refractivity contribution in [2.45, 2.75) is 0 Å². The molecular formula is C18H12ClNO3. The van der Waals surface area contributed by atoms with Gasteiger partial charge in [0.2, 0.25) is 0 Å². The Bertz CT molecular complexity index is 854. The summed E-state index contributed by atoms with van der Waals surface area (Å²) in [5.74, 6) is -1.92. The van der Waals surface area contributed by atoms with Crippen molar-refractivity contribution in [1.82, 2.24) is 5.32 Å². The standard InChI is InChI=1S/C18H12ClNO3/c19-13-9-5-4-8-12(13)15-16(21)14(20-18(23)17(15)22)10-11-6-2-1-3-7-11/h1-10,21H,(H,20,23)/b14-10-. The van der Waals surface area contributed by atoms with Crippen molar-refractivity contribution in [3.63, 3.8) is 0 Å². The second-order valence-corrected chi connectivity index (χ2v) is 5.36. The van der Waals surface area contributed by atoms with E-state index in [1.165, 1.54) is 0 Å². The lowest BCUT2D eigenvalue weighted by Crippen LogP contribution is -2.37. The monoisotopic (exact) mass is 325 g/mol. The summed E-state index contributed by atoms with van der Waals surface area (Å²) in [5.41, 5.74) is 1.17. The summed E-state index contributed by atoms with van der Waals surface area (Å²) in [6.07, 6.45) is 1.59. The normalized spacial score (nSPS) is 16.7. The van der Waals surface area contributed by atoms with Gasteiger partial charge < -0.3 is 10.4 Å². The molecule has 0 aromatic heterocycles. The lowest BCUT2D eigenvalue weighted by Gasteiger charge is -2.19. The van der Waals surface area contributed by atoms with E-state index in [1.54, 1.807) is 30.3 Å². The summed E-state index contributed by atoms with van der Waals surface area (Å²) >= 11 is 6.10. The number of halogens is 1. The average Bonchev–Trinajstić information content (AvgIpc) is 2.55. The Balaban J connectivity index is 2.17. The molecule has 1 aliphatic heterocycles. The van der Waals surface area contributed by atoms with Gasteiger partial charge in [-0.25, -0.2) is 0 Å². The minimum atomic E-state index is -0.819. The molecule has 23 heavy (non-hydrogen) atoms. The van der Waals surface area contributed by atoms with Crippen molar-refractivity contribution in [1.29, 1.82) is 0 Å². The molecule has 0 saturated carbocycles. The highest BCUT2D eigenvalue weighted by atomic mass is 35.5. The van der Waals surface area contributed by atoms with Crippen LogP contribution in [0.15, 0.2) is 66.1 Å². The number of ketones is 1. The molecule has 0 bridgehead atoms. The summed E-state index contributed by atoms with van der Waals surface area (Å²) in [7, 11) is 0. The Kier molecular flexibility index (Phi) is 4.00. The van der Waals surface area contributed by atoms with Gasteiger partial charge in [-0.1, -0.05) is 60.1 Å². The van der Waals surface area contributed by atoms with E-state index in [-0.39, 0.29) is 22.1 Å². The summed E-state index contributed by atoms with van der Waals surface area (Å²) in [4.78, 5) is 24.1. The third kappa shape index (κ3) is 2.89. The molecule has 0 saturated heterocycles. The smallest absolute Gasteiger partial charge is 0.297 e. The molecule has 0 radical (unpaired) electrons. The van der Waals surface area contributed by atoms with Crippen molar-refractivity contribution in [2.75, 3.05) is 0 Å². The first-order valence-corrected chi connectivity index (χ1v) is 7.26. The van der Waals surface area contributed by atoms with Gasteiger partial charge in [-0.2, -0.15) is 0 Å². The zero-order chi connectivity index (χ0) is 16.4. The summed E-state index contributed by atoms with van der Waals surface area (Å²) < 4.78 is 0. The number of amides is 1. The van der Waals surface area contributed by atoms with Gasteiger partial charge in [0.25, 0.3) is 11.7 Å². The van der Waals surface area contributed by atoms with Crippen molar-refractivity contribution in [2.24, 2.45) is 0 Å². The first-order valence-electron chi connectivity index (χ1n) is 6.89. The van der Waals surface area contributed by atoms with Crippen LogP contribution in [0.1, 0.15) is 11.1 Å². The molecule has 0 atom stereocenters. The molecule has 0 aliphatic carbocycles. The molecule has 2 N–H and O–H groups in total. The van der Waals surface area contributed by atoms with E-state index in [0.717, 1.165) is 5.56 Å². The SMILES string of the molecule is O=C1N/C(=C\c2ccccc2)C(O)=C(c2ccccc2Cl)C1=O. The number of benzene rings is 2. The van der Waals surface area contributed by atoms with Crippen LogP contribution in [0.4, 0.5) is 0 Å². The molecule has 5 heteroatoms. The number of nitrogens with one attached hydrogen (secondary N) is 1. The summed E-state index contributed by atoms with van der Waals surface area (Å²) in [6.45, 7) is 0. The second-order valence-electron chi connectivity index (χ2n) is 4.96. The largest absolute Gasteiger partial charge is 0.505 e. The Morgan fingerprint density at radius 1 is 0.957 bits per heavy atom. The van der Waals surface area contributed by atoms with Crippen LogP contribution in [-0.4, -0.2) is 16.8 Å². The second kappa shape index (κ2) is 6.10. The van der Waals surface area contributed by atoms with E-state index in [9.17, 15) is 14.7 Å². The molecule has 2 aromatic rings. The third-order valence-electron chi connectivity index (χ3n) is 3.43. The number of aliphatic hydroxyl groups is 1. The van der Waals surface area contributed by atoms with Gasteiger partial charge in [-0.05, 0) is 17.7 Å². The average molecular weight is 326 g/mol. The highest BCUT2D eigenvalue weighted by molar-refractivity contribution is 6.56. The maximum Gasteiger partial charge on any atom is 0.297 e. The van der Waals surface area contributed by atoms with Crippen LogP contribution in [-0.2, 0) is 9.59 Å². The number of carbonyl (C=O) groups is 2. The molecule has 0 unspecified atom stereocenters. The van der Waals surface area contributed by atoms with E-state index in [4.69, 9.17) is 11.6 Å². The fourth-order valence-electron chi connectivity index (χ4n) is 2.33. The maximum absolute atomic E-state index is 12.2. The minimum Gasteiger partial charge on any atom is -0.505 e. The Labute approximate surface area is 137 Å². The Morgan fingerprint density at radius 2 is 1.61 bits per heavy atom. The summed E-state index contributed by atoms with van der Waals surface area (Å²) in [6, 6.07) is 15.7. The Hall–Kier alpha value is -2.85. The maximum atomic E-state index is 12.2. The fourth-order valence-corrected chi connectivity index (χ4v) is 2.56. The quantitative estimate of drug-likeness (QED) is 0.832. The first kappa shape index (κ1) is 15.1. The zero-order valence-electron chi connectivity index (χ0n) is 11.9. The number of rotatable bonds is 2. The van der Waals surface area contributed by atoms with Crippen LogP contribution in [0, 0.1) is 0 Å². The number of Topliss-reactive ketones (excluding diaryl/α,β-unsaturated/α-hetero) is 1. The molecule has 3 rings (SSSR count). The molecule has 0 spiro atoms. The van der Waals surface area contributed by atoms with Crippen LogP contribution in [0.5, 0.6) is 0 Å². The Morgan fingerprint density at radius 3 is 2.30 bits per heavy atom.